The van der Waals surface area contributed by atoms with Gasteiger partial charge in [-0.2, -0.15) is 4.31 Å². The van der Waals surface area contributed by atoms with Crippen LogP contribution in [0.15, 0.2) is 22.5 Å². The molecule has 44 heavy (non-hydrogen) atoms. The highest BCUT2D eigenvalue weighted by atomic mass is 32.2. The van der Waals surface area contributed by atoms with E-state index >= 15 is 0 Å². The van der Waals surface area contributed by atoms with Crippen molar-refractivity contribution in [1.82, 2.24) is 9.62 Å². The van der Waals surface area contributed by atoms with Crippen molar-refractivity contribution in [2.45, 2.75) is 103 Å². The number of nitrogens with zero attached hydrogens (tertiary/aromatic N) is 3. The first kappa shape index (κ1) is 34.1. The lowest BCUT2D eigenvalue weighted by molar-refractivity contribution is -0.124. The Kier molecular flexibility index (Phi) is 11.3. The SMILES string of the molecule is Cc1cc(N(C)C(N)=O)cc(C)c1C=CS(=O)(=O)N1CCC2(CC1)N=C(CCCCCCCCCCC1(C)COC1)NC2=O. The molecule has 0 aromatic heterocycles. The van der Waals surface area contributed by atoms with Gasteiger partial charge in [0.15, 0.2) is 0 Å². The van der Waals surface area contributed by atoms with Gasteiger partial charge in [0.25, 0.3) is 5.91 Å². The van der Waals surface area contributed by atoms with Crippen LogP contribution in [0, 0.1) is 19.3 Å². The van der Waals surface area contributed by atoms with E-state index in [0.717, 1.165) is 55.0 Å². The number of benzene rings is 1. The normalized spacial score (nSPS) is 19.6. The van der Waals surface area contributed by atoms with E-state index in [-0.39, 0.29) is 19.0 Å². The molecule has 3 amide bonds. The van der Waals surface area contributed by atoms with Crippen LogP contribution in [0.2, 0.25) is 0 Å². The molecule has 2 fully saturated rings. The maximum absolute atomic E-state index is 13.2. The Morgan fingerprint density at radius 2 is 1.61 bits per heavy atom. The number of amidine groups is 1. The van der Waals surface area contributed by atoms with E-state index < -0.39 is 21.6 Å². The second-order valence-corrected chi connectivity index (χ2v) is 15.1. The molecule has 1 spiro atoms. The number of anilines is 1. The molecule has 4 rings (SSSR count). The molecule has 0 bridgehead atoms. The minimum atomic E-state index is -3.69. The lowest BCUT2D eigenvalue weighted by Crippen LogP contribution is -2.50. The molecule has 11 heteroatoms. The molecule has 3 N–H and O–H groups in total. The average molecular weight is 630 g/mol. The predicted molar refractivity (Wildman–Crippen MR) is 176 cm³/mol. The Labute approximate surface area is 263 Å². The highest BCUT2D eigenvalue weighted by Crippen LogP contribution is 2.34. The molecule has 10 nitrogen and oxygen atoms in total. The van der Waals surface area contributed by atoms with E-state index in [1.807, 2.05) is 13.8 Å². The van der Waals surface area contributed by atoms with Crippen LogP contribution < -0.4 is 16.0 Å². The van der Waals surface area contributed by atoms with Crippen molar-refractivity contribution >= 4 is 39.6 Å². The maximum Gasteiger partial charge on any atom is 0.318 e. The minimum absolute atomic E-state index is 0.102. The molecule has 1 aromatic carbocycles. The highest BCUT2D eigenvalue weighted by Gasteiger charge is 2.46. The number of urea groups is 1. The smallest absolute Gasteiger partial charge is 0.318 e. The first-order valence-corrected chi connectivity index (χ1v) is 17.7. The first-order valence-electron chi connectivity index (χ1n) is 16.1. The van der Waals surface area contributed by atoms with Gasteiger partial charge in [-0.15, -0.1) is 0 Å². The van der Waals surface area contributed by atoms with Gasteiger partial charge in [-0.05, 0) is 74.4 Å². The molecule has 0 aliphatic carbocycles. The number of hydrogen-bond donors (Lipinski definition) is 2. The van der Waals surface area contributed by atoms with Gasteiger partial charge in [0.1, 0.15) is 11.4 Å². The van der Waals surface area contributed by atoms with Gasteiger partial charge in [-0.3, -0.25) is 14.7 Å². The number of ether oxygens (including phenoxy) is 1. The number of amides is 3. The number of nitrogens with one attached hydrogen (secondary N) is 1. The monoisotopic (exact) mass is 629 g/mol. The quantitative estimate of drug-likeness (QED) is 0.250. The maximum atomic E-state index is 13.2. The van der Waals surface area contributed by atoms with Crippen molar-refractivity contribution in [3.8, 4) is 0 Å². The van der Waals surface area contributed by atoms with Crippen molar-refractivity contribution in [2.24, 2.45) is 16.1 Å². The number of aliphatic imine (C=N–C) groups is 1. The fourth-order valence-electron chi connectivity index (χ4n) is 6.43. The number of aryl methyl sites for hydroxylation is 2. The van der Waals surface area contributed by atoms with Gasteiger partial charge in [0.05, 0.1) is 13.2 Å². The van der Waals surface area contributed by atoms with Crippen LogP contribution >= 0.6 is 0 Å². The minimum Gasteiger partial charge on any atom is -0.380 e. The number of rotatable bonds is 15. The second kappa shape index (κ2) is 14.6. The molecule has 0 saturated carbocycles. The number of piperidine rings is 1. The zero-order chi connectivity index (χ0) is 32.0. The summed E-state index contributed by atoms with van der Waals surface area (Å²) < 4.78 is 33.1. The Bertz CT molecular complexity index is 1340. The molecular formula is C33H51N5O5S. The molecule has 0 unspecified atom stereocenters. The van der Waals surface area contributed by atoms with Crippen LogP contribution in [-0.2, 0) is 19.6 Å². The van der Waals surface area contributed by atoms with Crippen LogP contribution in [0.3, 0.4) is 0 Å². The Morgan fingerprint density at radius 1 is 1.05 bits per heavy atom. The van der Waals surface area contributed by atoms with Gasteiger partial charge in [-0.25, -0.2) is 13.2 Å². The van der Waals surface area contributed by atoms with E-state index in [4.69, 9.17) is 15.5 Å². The molecular weight excluding hydrogens is 578 g/mol. The van der Waals surface area contributed by atoms with E-state index in [1.165, 1.54) is 59.6 Å². The largest absolute Gasteiger partial charge is 0.380 e. The Morgan fingerprint density at radius 3 is 2.16 bits per heavy atom. The third-order valence-corrected chi connectivity index (χ3v) is 11.1. The van der Waals surface area contributed by atoms with Crippen LogP contribution in [0.1, 0.15) is 101 Å². The molecule has 3 aliphatic rings. The number of primary amides is 1. The molecule has 0 radical (unpaired) electrons. The standard InChI is InChI=1S/C33H51N5O5S/c1-25-21-27(37(4)31(34)40)22-26(2)28(25)14-20-44(41,42)38-18-16-33(17-19-38)30(39)35-29(36-33)13-11-9-7-5-6-8-10-12-15-32(3)23-43-24-32/h14,20-22H,5-13,15-19,23-24H2,1-4H3,(H2,34,40)(H,35,36,39). The van der Waals surface area contributed by atoms with Crippen LogP contribution in [0.4, 0.5) is 10.5 Å². The number of carbonyl (C=O) groups is 2. The summed E-state index contributed by atoms with van der Waals surface area (Å²) in [6.45, 7) is 8.39. The molecule has 3 heterocycles. The molecule has 1 aromatic rings. The average Bonchev–Trinajstić information content (AvgIpc) is 3.25. The fourth-order valence-corrected chi connectivity index (χ4v) is 7.60. The lowest BCUT2D eigenvalue weighted by atomic mass is 9.83. The summed E-state index contributed by atoms with van der Waals surface area (Å²) in [5.41, 5.74) is 8.05. The zero-order valence-electron chi connectivity index (χ0n) is 27.0. The number of nitrogens with two attached hydrogens (primary N) is 1. The first-order chi connectivity index (χ1) is 20.8. The summed E-state index contributed by atoms with van der Waals surface area (Å²) in [4.78, 5) is 30.6. The third kappa shape index (κ3) is 8.48. The summed E-state index contributed by atoms with van der Waals surface area (Å²) in [7, 11) is -2.09. The van der Waals surface area contributed by atoms with Crippen molar-refractivity contribution in [1.29, 1.82) is 0 Å². The van der Waals surface area contributed by atoms with Gasteiger partial charge in [0.2, 0.25) is 10.0 Å². The topological polar surface area (TPSA) is 134 Å². The number of hydrogen-bond acceptors (Lipinski definition) is 6. The van der Waals surface area contributed by atoms with E-state index in [1.54, 1.807) is 25.3 Å². The predicted octanol–water partition coefficient (Wildman–Crippen LogP) is 5.42. The zero-order valence-corrected chi connectivity index (χ0v) is 27.8. The van der Waals surface area contributed by atoms with Gasteiger partial charge >= 0.3 is 6.03 Å². The second-order valence-electron chi connectivity index (χ2n) is 13.3. The summed E-state index contributed by atoms with van der Waals surface area (Å²) in [5.74, 6) is 0.644. The number of carbonyl (C=O) groups excluding carboxylic acids is 2. The van der Waals surface area contributed by atoms with Crippen LogP contribution in [0.5, 0.6) is 0 Å². The highest BCUT2D eigenvalue weighted by molar-refractivity contribution is 7.92. The molecule has 244 valence electrons. The Hall–Kier alpha value is -2.76. The van der Waals surface area contributed by atoms with Gasteiger partial charge < -0.3 is 15.8 Å². The van der Waals surface area contributed by atoms with Crippen LogP contribution in [-0.4, -0.2) is 69.4 Å². The lowest BCUT2D eigenvalue weighted by Gasteiger charge is -2.38. The number of sulfonamides is 1. The summed E-state index contributed by atoms with van der Waals surface area (Å²) >= 11 is 0. The molecule has 0 atom stereocenters. The number of unbranched alkanes of at least 4 members (excludes halogenated alkanes) is 7. The van der Waals surface area contributed by atoms with E-state index in [9.17, 15) is 18.0 Å². The van der Waals surface area contributed by atoms with Gasteiger partial charge in [-0.1, -0.05) is 51.9 Å². The molecule has 3 aliphatic heterocycles. The van der Waals surface area contributed by atoms with E-state index in [0.29, 0.717) is 23.9 Å². The van der Waals surface area contributed by atoms with Crippen molar-refractivity contribution in [3.05, 3.63) is 34.2 Å². The van der Waals surface area contributed by atoms with Crippen molar-refractivity contribution < 1.29 is 22.7 Å². The van der Waals surface area contributed by atoms with Crippen molar-refractivity contribution in [3.63, 3.8) is 0 Å². The Balaban J connectivity index is 1.19. The van der Waals surface area contributed by atoms with E-state index in [2.05, 4.69) is 12.2 Å². The molecule has 2 saturated heterocycles. The summed E-state index contributed by atoms with van der Waals surface area (Å²) in [6, 6.07) is 3.04. The summed E-state index contributed by atoms with van der Waals surface area (Å²) in [5, 5.41) is 4.21. The van der Waals surface area contributed by atoms with Crippen molar-refractivity contribution in [2.75, 3.05) is 38.3 Å². The fraction of sp³-hybridized carbons (Fsp3) is 0.667. The van der Waals surface area contributed by atoms with Crippen LogP contribution in [0.25, 0.3) is 6.08 Å². The summed E-state index contributed by atoms with van der Waals surface area (Å²) in [6.07, 6.45) is 14.1. The van der Waals surface area contributed by atoms with Gasteiger partial charge in [0, 0.05) is 43.1 Å². The third-order valence-electron chi connectivity index (χ3n) is 9.49.